The van der Waals surface area contributed by atoms with E-state index < -0.39 is 0 Å². The molecule has 3 nitrogen and oxygen atoms in total. The molecule has 1 aromatic rings. The molecular formula is C9H11NO2S. The predicted molar refractivity (Wildman–Crippen MR) is 53.3 cm³/mol. The zero-order valence-corrected chi connectivity index (χ0v) is 8.10. The van der Waals surface area contributed by atoms with Crippen molar-refractivity contribution in [2.75, 3.05) is 12.8 Å². The summed E-state index contributed by atoms with van der Waals surface area (Å²) >= 11 is 1.34. The molecule has 0 saturated heterocycles. The van der Waals surface area contributed by atoms with E-state index in [1.54, 1.807) is 18.2 Å². The third kappa shape index (κ3) is 2.02. The van der Waals surface area contributed by atoms with Gasteiger partial charge < -0.3 is 10.8 Å². The van der Waals surface area contributed by atoms with Crippen LogP contribution in [0.25, 0.3) is 0 Å². The van der Waals surface area contributed by atoms with Crippen LogP contribution in [0.3, 0.4) is 0 Å². The van der Waals surface area contributed by atoms with Gasteiger partial charge in [0, 0.05) is 5.56 Å². The number of hydrogen-bond acceptors (Lipinski definition) is 4. The number of Topliss-reactive ketones (excluding diaryl/α,β-unsaturated/α-hetero) is 1. The van der Waals surface area contributed by atoms with Crippen LogP contribution in [-0.2, 0) is 0 Å². The molecular weight excluding hydrogens is 186 g/mol. The second-order valence-corrected chi connectivity index (χ2v) is 3.30. The van der Waals surface area contributed by atoms with Gasteiger partial charge in [0.2, 0.25) is 0 Å². The lowest BCUT2D eigenvalue weighted by Gasteiger charge is -2.06. The summed E-state index contributed by atoms with van der Waals surface area (Å²) in [4.78, 5) is 11.9. The summed E-state index contributed by atoms with van der Waals surface area (Å²) in [5.41, 5.74) is 5.73. The van der Waals surface area contributed by atoms with E-state index in [4.69, 9.17) is 5.73 Å². The SMILES string of the molecule is CSc1c(O)cccc1C(=O)CN. The summed E-state index contributed by atoms with van der Waals surface area (Å²) < 4.78 is 0. The molecule has 0 radical (unpaired) electrons. The van der Waals surface area contributed by atoms with E-state index in [1.165, 1.54) is 11.8 Å². The van der Waals surface area contributed by atoms with Crippen molar-refractivity contribution in [3.8, 4) is 5.75 Å². The molecule has 0 aromatic heterocycles. The summed E-state index contributed by atoms with van der Waals surface area (Å²) in [6.45, 7) is -0.0307. The van der Waals surface area contributed by atoms with E-state index in [0.717, 1.165) is 0 Å². The van der Waals surface area contributed by atoms with Crippen molar-refractivity contribution in [1.82, 2.24) is 0 Å². The zero-order chi connectivity index (χ0) is 9.84. The van der Waals surface area contributed by atoms with Crippen LogP contribution in [-0.4, -0.2) is 23.7 Å². The number of nitrogens with two attached hydrogens (primary N) is 1. The van der Waals surface area contributed by atoms with Crippen molar-refractivity contribution in [3.63, 3.8) is 0 Å². The maximum absolute atomic E-state index is 11.3. The minimum atomic E-state index is -0.153. The monoisotopic (exact) mass is 197 g/mol. The molecule has 0 spiro atoms. The molecule has 0 unspecified atom stereocenters. The van der Waals surface area contributed by atoms with Crippen LogP contribution in [0.4, 0.5) is 0 Å². The Kier molecular flexibility index (Phi) is 3.33. The molecule has 4 heteroatoms. The molecule has 0 saturated carbocycles. The summed E-state index contributed by atoms with van der Waals surface area (Å²) in [5, 5.41) is 9.42. The Labute approximate surface area is 80.9 Å². The van der Waals surface area contributed by atoms with Gasteiger partial charge >= 0.3 is 0 Å². The fourth-order valence-corrected chi connectivity index (χ4v) is 1.75. The first-order valence-corrected chi connectivity index (χ1v) is 5.02. The Morgan fingerprint density at radius 3 is 2.85 bits per heavy atom. The average molecular weight is 197 g/mol. The lowest BCUT2D eigenvalue weighted by atomic mass is 10.1. The first-order chi connectivity index (χ1) is 6.20. The second kappa shape index (κ2) is 4.30. The molecule has 0 aliphatic carbocycles. The molecule has 0 bridgehead atoms. The van der Waals surface area contributed by atoms with Gasteiger partial charge in [0.05, 0.1) is 11.4 Å². The van der Waals surface area contributed by atoms with Crippen molar-refractivity contribution in [2.24, 2.45) is 5.73 Å². The lowest BCUT2D eigenvalue weighted by Crippen LogP contribution is -2.14. The Bertz CT molecular complexity index is 325. The molecule has 70 valence electrons. The smallest absolute Gasteiger partial charge is 0.177 e. The van der Waals surface area contributed by atoms with Crippen molar-refractivity contribution in [2.45, 2.75) is 4.90 Å². The van der Waals surface area contributed by atoms with E-state index in [9.17, 15) is 9.90 Å². The normalized spacial score (nSPS) is 10.0. The number of benzene rings is 1. The molecule has 0 aliphatic heterocycles. The Morgan fingerprint density at radius 1 is 1.62 bits per heavy atom. The fraction of sp³-hybridized carbons (Fsp3) is 0.222. The van der Waals surface area contributed by atoms with Crippen molar-refractivity contribution in [3.05, 3.63) is 23.8 Å². The van der Waals surface area contributed by atoms with E-state index in [2.05, 4.69) is 0 Å². The molecule has 13 heavy (non-hydrogen) atoms. The van der Waals surface area contributed by atoms with Gasteiger partial charge in [-0.05, 0) is 18.4 Å². The molecule has 3 N–H and O–H groups in total. The third-order valence-electron chi connectivity index (χ3n) is 1.68. The zero-order valence-electron chi connectivity index (χ0n) is 7.28. The van der Waals surface area contributed by atoms with Gasteiger partial charge in [0.15, 0.2) is 5.78 Å². The van der Waals surface area contributed by atoms with E-state index in [0.29, 0.717) is 10.5 Å². The first-order valence-electron chi connectivity index (χ1n) is 3.80. The van der Waals surface area contributed by atoms with Crippen LogP contribution in [0.5, 0.6) is 5.75 Å². The van der Waals surface area contributed by atoms with Crippen molar-refractivity contribution in [1.29, 1.82) is 0 Å². The number of thioether (sulfide) groups is 1. The number of carbonyl (C=O) groups excluding carboxylic acids is 1. The standard InChI is InChI=1S/C9H11NO2S/c1-13-9-6(8(12)5-10)3-2-4-7(9)11/h2-4,11H,5,10H2,1H3. The molecule has 0 amide bonds. The molecule has 1 rings (SSSR count). The number of ketones is 1. The summed E-state index contributed by atoms with van der Waals surface area (Å²) in [6, 6.07) is 4.86. The quantitative estimate of drug-likeness (QED) is 0.565. The topological polar surface area (TPSA) is 63.3 Å². The van der Waals surface area contributed by atoms with Crippen LogP contribution in [0.1, 0.15) is 10.4 Å². The third-order valence-corrected chi connectivity index (χ3v) is 2.52. The summed E-state index contributed by atoms with van der Waals surface area (Å²) in [6.07, 6.45) is 1.81. The van der Waals surface area contributed by atoms with Gasteiger partial charge in [-0.1, -0.05) is 6.07 Å². The molecule has 0 fully saturated rings. The Morgan fingerprint density at radius 2 is 2.31 bits per heavy atom. The van der Waals surface area contributed by atoms with Crippen molar-refractivity contribution < 1.29 is 9.90 Å². The number of aromatic hydroxyl groups is 1. The maximum Gasteiger partial charge on any atom is 0.177 e. The Balaban J connectivity index is 3.20. The average Bonchev–Trinajstić information content (AvgIpc) is 2.16. The van der Waals surface area contributed by atoms with E-state index in [1.807, 2.05) is 6.26 Å². The summed E-state index contributed by atoms with van der Waals surface area (Å²) in [5.74, 6) is -0.0212. The fourth-order valence-electron chi connectivity index (χ4n) is 1.07. The maximum atomic E-state index is 11.3. The highest BCUT2D eigenvalue weighted by Crippen LogP contribution is 2.29. The van der Waals surface area contributed by atoms with Crippen LogP contribution < -0.4 is 5.73 Å². The van der Waals surface area contributed by atoms with Crippen LogP contribution in [0.15, 0.2) is 23.1 Å². The molecule has 0 atom stereocenters. The number of phenols is 1. The minimum absolute atomic E-state index is 0.0307. The number of phenolic OH excluding ortho intramolecular Hbond substituents is 1. The Hall–Kier alpha value is -1.00. The highest BCUT2D eigenvalue weighted by Gasteiger charge is 2.11. The summed E-state index contributed by atoms with van der Waals surface area (Å²) in [7, 11) is 0. The van der Waals surface area contributed by atoms with Gasteiger partial charge in [-0.2, -0.15) is 0 Å². The van der Waals surface area contributed by atoms with Gasteiger partial charge in [0.1, 0.15) is 5.75 Å². The number of rotatable bonds is 3. The van der Waals surface area contributed by atoms with E-state index >= 15 is 0 Å². The van der Waals surface area contributed by atoms with Gasteiger partial charge in [-0.15, -0.1) is 11.8 Å². The largest absolute Gasteiger partial charge is 0.507 e. The van der Waals surface area contributed by atoms with E-state index in [-0.39, 0.29) is 18.1 Å². The van der Waals surface area contributed by atoms with Gasteiger partial charge in [0.25, 0.3) is 0 Å². The van der Waals surface area contributed by atoms with Crippen LogP contribution >= 0.6 is 11.8 Å². The molecule has 0 aliphatic rings. The van der Waals surface area contributed by atoms with Crippen LogP contribution in [0, 0.1) is 0 Å². The van der Waals surface area contributed by atoms with Crippen LogP contribution in [0.2, 0.25) is 0 Å². The highest BCUT2D eigenvalue weighted by atomic mass is 32.2. The highest BCUT2D eigenvalue weighted by molar-refractivity contribution is 7.98. The number of hydrogen-bond donors (Lipinski definition) is 2. The predicted octanol–water partition coefficient (Wildman–Crippen LogP) is 1.26. The first kappa shape index (κ1) is 10.1. The van der Waals surface area contributed by atoms with Gasteiger partial charge in [-0.3, -0.25) is 4.79 Å². The van der Waals surface area contributed by atoms with Crippen molar-refractivity contribution >= 4 is 17.5 Å². The second-order valence-electron chi connectivity index (χ2n) is 2.49. The molecule has 0 heterocycles. The lowest BCUT2D eigenvalue weighted by molar-refractivity contribution is 0.0998. The number of carbonyl (C=O) groups is 1. The van der Waals surface area contributed by atoms with Gasteiger partial charge in [-0.25, -0.2) is 0 Å². The molecule has 1 aromatic carbocycles. The minimum Gasteiger partial charge on any atom is -0.507 e.